The van der Waals surface area contributed by atoms with E-state index in [1.54, 1.807) is 0 Å². The third-order valence-corrected chi connectivity index (χ3v) is 4.63. The van der Waals surface area contributed by atoms with E-state index < -0.39 is 0 Å². The van der Waals surface area contributed by atoms with Gasteiger partial charge in [-0.3, -0.25) is 0 Å². The average molecular weight is 352 g/mol. The zero-order valence-electron chi connectivity index (χ0n) is 14.6. The maximum Gasteiger partial charge on any atom is 0.183 e. The molecule has 0 saturated carbocycles. The Bertz CT molecular complexity index is 937. The van der Waals surface area contributed by atoms with E-state index in [1.165, 1.54) is 0 Å². The number of aryl methyl sites for hydroxylation is 1. The van der Waals surface area contributed by atoms with Gasteiger partial charge in [0.2, 0.25) is 0 Å². The smallest absolute Gasteiger partial charge is 0.183 e. The number of nitrogens with zero attached hydrogens (tertiary/aromatic N) is 5. The number of benzene rings is 1. The van der Waals surface area contributed by atoms with Gasteiger partial charge in [-0.2, -0.15) is 5.10 Å². The summed E-state index contributed by atoms with van der Waals surface area (Å²) in [4.78, 5) is 9.44. The van der Waals surface area contributed by atoms with Crippen molar-refractivity contribution in [2.24, 2.45) is 0 Å². The van der Waals surface area contributed by atoms with Crippen molar-refractivity contribution in [3.8, 4) is 28.7 Å². The van der Waals surface area contributed by atoms with Crippen molar-refractivity contribution in [3.63, 3.8) is 0 Å². The van der Waals surface area contributed by atoms with Gasteiger partial charge >= 0.3 is 0 Å². The molecule has 2 aromatic heterocycles. The van der Waals surface area contributed by atoms with Gasteiger partial charge in [0.05, 0.1) is 5.69 Å². The standard InChI is InChI=1S/C18H20N6O2/c1-12-20-18(14-11-23-7-6-19-5-4-17(23)21-14)24(22-12)13-2-3-15-16(10-13)26-9-8-25-15/h2-3,10-11,19H,4-9H2,1H3. The molecule has 0 saturated heterocycles. The van der Waals surface area contributed by atoms with Gasteiger partial charge in [-0.25, -0.2) is 14.6 Å². The normalized spacial score (nSPS) is 16.2. The van der Waals surface area contributed by atoms with Crippen LogP contribution in [0.1, 0.15) is 11.6 Å². The van der Waals surface area contributed by atoms with Crippen LogP contribution in [0, 0.1) is 6.92 Å². The third kappa shape index (κ3) is 2.62. The molecule has 8 heteroatoms. The first-order valence-corrected chi connectivity index (χ1v) is 8.89. The lowest BCUT2D eigenvalue weighted by Crippen LogP contribution is -2.17. The maximum absolute atomic E-state index is 5.70. The highest BCUT2D eigenvalue weighted by molar-refractivity contribution is 5.56. The molecular formula is C18H20N6O2. The van der Waals surface area contributed by atoms with Crippen molar-refractivity contribution in [1.29, 1.82) is 0 Å². The van der Waals surface area contributed by atoms with Gasteiger partial charge in [-0.05, 0) is 19.1 Å². The molecule has 0 unspecified atom stereocenters. The number of imidazole rings is 1. The predicted octanol–water partition coefficient (Wildman–Crippen LogP) is 1.36. The van der Waals surface area contributed by atoms with Crippen LogP contribution in [0.2, 0.25) is 0 Å². The fourth-order valence-corrected chi connectivity index (χ4v) is 3.40. The summed E-state index contributed by atoms with van der Waals surface area (Å²) in [5.74, 6) is 4.03. The number of hydrogen-bond donors (Lipinski definition) is 1. The minimum Gasteiger partial charge on any atom is -0.486 e. The first-order valence-electron chi connectivity index (χ1n) is 8.89. The van der Waals surface area contributed by atoms with E-state index in [9.17, 15) is 0 Å². The lowest BCUT2D eigenvalue weighted by Gasteiger charge is -2.19. The van der Waals surface area contributed by atoms with Crippen molar-refractivity contribution in [1.82, 2.24) is 29.6 Å². The highest BCUT2D eigenvalue weighted by atomic mass is 16.6. The van der Waals surface area contributed by atoms with Crippen molar-refractivity contribution >= 4 is 0 Å². The highest BCUT2D eigenvalue weighted by Crippen LogP contribution is 2.33. The Morgan fingerprint density at radius 2 is 1.96 bits per heavy atom. The average Bonchev–Trinajstić information content (AvgIpc) is 3.18. The van der Waals surface area contributed by atoms with Crippen LogP contribution in [0.15, 0.2) is 24.4 Å². The van der Waals surface area contributed by atoms with E-state index in [4.69, 9.17) is 14.5 Å². The second-order valence-corrected chi connectivity index (χ2v) is 6.46. The molecule has 0 aliphatic carbocycles. The summed E-state index contributed by atoms with van der Waals surface area (Å²) < 4.78 is 15.3. The van der Waals surface area contributed by atoms with Crippen molar-refractivity contribution in [3.05, 3.63) is 36.0 Å². The molecule has 1 aromatic carbocycles. The molecule has 1 N–H and O–H groups in total. The lowest BCUT2D eigenvalue weighted by molar-refractivity contribution is 0.171. The minimum atomic E-state index is 0.557. The molecule has 0 bridgehead atoms. The van der Waals surface area contributed by atoms with Gasteiger partial charge < -0.3 is 19.4 Å². The van der Waals surface area contributed by atoms with Crippen LogP contribution in [0.5, 0.6) is 11.5 Å². The minimum absolute atomic E-state index is 0.557. The quantitative estimate of drug-likeness (QED) is 0.750. The summed E-state index contributed by atoms with van der Waals surface area (Å²) in [6.07, 6.45) is 2.98. The topological polar surface area (TPSA) is 79.0 Å². The molecule has 2 aliphatic rings. The Kier molecular flexibility index (Phi) is 3.63. The van der Waals surface area contributed by atoms with Crippen LogP contribution in [-0.2, 0) is 13.0 Å². The summed E-state index contributed by atoms with van der Waals surface area (Å²) in [6.45, 7) is 5.85. The van der Waals surface area contributed by atoms with E-state index in [-0.39, 0.29) is 0 Å². The molecule has 4 heterocycles. The van der Waals surface area contributed by atoms with Crippen molar-refractivity contribution < 1.29 is 9.47 Å². The summed E-state index contributed by atoms with van der Waals surface area (Å²) in [5, 5.41) is 7.97. The second-order valence-electron chi connectivity index (χ2n) is 6.46. The van der Waals surface area contributed by atoms with Gasteiger partial charge in [0.1, 0.15) is 30.6 Å². The van der Waals surface area contributed by atoms with E-state index >= 15 is 0 Å². The Labute approximate surface area is 150 Å². The van der Waals surface area contributed by atoms with Crippen molar-refractivity contribution in [2.45, 2.75) is 19.9 Å². The Balaban J connectivity index is 1.58. The third-order valence-electron chi connectivity index (χ3n) is 4.63. The largest absolute Gasteiger partial charge is 0.486 e. The number of aromatic nitrogens is 5. The molecule has 26 heavy (non-hydrogen) atoms. The highest BCUT2D eigenvalue weighted by Gasteiger charge is 2.20. The Hall–Kier alpha value is -2.87. The summed E-state index contributed by atoms with van der Waals surface area (Å²) >= 11 is 0. The zero-order chi connectivity index (χ0) is 17.5. The molecule has 0 atom stereocenters. The Morgan fingerprint density at radius 1 is 1.08 bits per heavy atom. The van der Waals surface area contributed by atoms with Gasteiger partial charge in [0.15, 0.2) is 17.3 Å². The molecule has 3 aromatic rings. The van der Waals surface area contributed by atoms with E-state index in [0.29, 0.717) is 19.0 Å². The van der Waals surface area contributed by atoms with Crippen LogP contribution >= 0.6 is 0 Å². The van der Waals surface area contributed by atoms with E-state index in [1.807, 2.05) is 29.8 Å². The van der Waals surface area contributed by atoms with E-state index in [2.05, 4.69) is 26.2 Å². The molecule has 0 amide bonds. The molecule has 8 nitrogen and oxygen atoms in total. The number of fused-ring (bicyclic) bond motifs is 2. The number of nitrogens with one attached hydrogen (secondary N) is 1. The van der Waals surface area contributed by atoms with Gasteiger partial charge in [0, 0.05) is 38.3 Å². The van der Waals surface area contributed by atoms with Crippen molar-refractivity contribution in [2.75, 3.05) is 26.3 Å². The SMILES string of the molecule is Cc1nc(-c2cn3c(n2)CCNCC3)n(-c2ccc3c(c2)OCCO3)n1. The molecule has 2 aliphatic heterocycles. The fraction of sp³-hybridized carbons (Fsp3) is 0.389. The maximum atomic E-state index is 5.70. The number of ether oxygens (including phenoxy) is 2. The summed E-state index contributed by atoms with van der Waals surface area (Å²) in [7, 11) is 0. The van der Waals surface area contributed by atoms with Crippen LogP contribution in [0.25, 0.3) is 17.2 Å². The zero-order valence-corrected chi connectivity index (χ0v) is 14.6. The van der Waals surface area contributed by atoms with Crippen LogP contribution < -0.4 is 14.8 Å². The summed E-state index contributed by atoms with van der Waals surface area (Å²) in [5.41, 5.74) is 1.73. The van der Waals surface area contributed by atoms with Crippen LogP contribution in [0.4, 0.5) is 0 Å². The van der Waals surface area contributed by atoms with Gasteiger partial charge in [0.25, 0.3) is 0 Å². The Morgan fingerprint density at radius 3 is 2.88 bits per heavy atom. The summed E-state index contributed by atoms with van der Waals surface area (Å²) in [6, 6.07) is 5.83. The molecule has 0 spiro atoms. The van der Waals surface area contributed by atoms with Gasteiger partial charge in [-0.15, -0.1) is 0 Å². The second kappa shape index (κ2) is 6.14. The first kappa shape index (κ1) is 15.4. The molecule has 0 radical (unpaired) electrons. The van der Waals surface area contributed by atoms with E-state index in [0.717, 1.165) is 60.6 Å². The monoisotopic (exact) mass is 352 g/mol. The lowest BCUT2D eigenvalue weighted by atomic mass is 10.2. The molecular weight excluding hydrogens is 332 g/mol. The van der Waals surface area contributed by atoms with Gasteiger partial charge in [-0.1, -0.05) is 0 Å². The predicted molar refractivity (Wildman–Crippen MR) is 94.9 cm³/mol. The first-order chi connectivity index (χ1) is 12.8. The van der Waals surface area contributed by atoms with Crippen LogP contribution in [0.3, 0.4) is 0 Å². The molecule has 5 rings (SSSR count). The molecule has 134 valence electrons. The fourth-order valence-electron chi connectivity index (χ4n) is 3.40. The number of rotatable bonds is 2. The van der Waals surface area contributed by atoms with Crippen LogP contribution in [-0.4, -0.2) is 50.6 Å². The number of hydrogen-bond acceptors (Lipinski definition) is 6. The molecule has 0 fully saturated rings.